The van der Waals surface area contributed by atoms with E-state index < -0.39 is 27.9 Å². The molecule has 0 fully saturated rings. The van der Waals surface area contributed by atoms with Gasteiger partial charge in [-0.15, -0.1) is 0 Å². The van der Waals surface area contributed by atoms with E-state index in [1.165, 1.54) is 36.4 Å². The maximum Gasteiger partial charge on any atom is 0.262 e. The molecule has 0 saturated carbocycles. The Morgan fingerprint density at radius 2 is 1.56 bits per heavy atom. The van der Waals surface area contributed by atoms with Gasteiger partial charge in [0.2, 0.25) is 15.9 Å². The third-order valence-corrected chi connectivity index (χ3v) is 6.15. The van der Waals surface area contributed by atoms with Gasteiger partial charge in [0.1, 0.15) is 5.75 Å². The standard InChI is InChI=1S/C23H23N3O5S/c1-16(17-5-3-2-4-6-17)26-32(29,30)21-13-11-20(12-14-21)31-15-22(27)25-19-9-7-18(8-10-19)23(24)28/h2-14,16,26H,15H2,1H3,(H2,24,28)(H,25,27)/t16-/m0/s1. The van der Waals surface area contributed by atoms with E-state index in [0.717, 1.165) is 5.56 Å². The van der Waals surface area contributed by atoms with Gasteiger partial charge in [-0.05, 0) is 61.0 Å². The van der Waals surface area contributed by atoms with Crippen molar-refractivity contribution in [2.45, 2.75) is 17.9 Å². The lowest BCUT2D eigenvalue weighted by Crippen LogP contribution is -2.26. The van der Waals surface area contributed by atoms with Crippen LogP contribution in [0, 0.1) is 0 Å². The molecule has 0 bridgehead atoms. The van der Waals surface area contributed by atoms with E-state index in [2.05, 4.69) is 10.0 Å². The summed E-state index contributed by atoms with van der Waals surface area (Å²) in [6, 6.07) is 20.8. The number of nitrogens with one attached hydrogen (secondary N) is 2. The number of hydrogen-bond donors (Lipinski definition) is 3. The molecule has 0 aliphatic carbocycles. The maximum absolute atomic E-state index is 12.6. The summed E-state index contributed by atoms with van der Waals surface area (Å²) in [5.41, 5.74) is 6.85. The molecule has 0 saturated heterocycles. The summed E-state index contributed by atoms with van der Waals surface area (Å²) < 4.78 is 33.3. The van der Waals surface area contributed by atoms with Crippen LogP contribution in [0.4, 0.5) is 5.69 Å². The van der Waals surface area contributed by atoms with Gasteiger partial charge in [-0.2, -0.15) is 0 Å². The number of rotatable bonds is 9. The number of carbonyl (C=O) groups excluding carboxylic acids is 2. The minimum atomic E-state index is -3.72. The molecule has 0 aliphatic heterocycles. The van der Waals surface area contributed by atoms with Gasteiger partial charge < -0.3 is 15.8 Å². The number of sulfonamides is 1. The molecule has 9 heteroatoms. The van der Waals surface area contributed by atoms with Gasteiger partial charge in [-0.1, -0.05) is 30.3 Å². The molecule has 32 heavy (non-hydrogen) atoms. The van der Waals surface area contributed by atoms with E-state index >= 15 is 0 Å². The van der Waals surface area contributed by atoms with E-state index in [-0.39, 0.29) is 11.5 Å². The van der Waals surface area contributed by atoms with Crippen LogP contribution in [0.5, 0.6) is 5.75 Å². The fourth-order valence-corrected chi connectivity index (χ4v) is 4.12. The lowest BCUT2D eigenvalue weighted by atomic mass is 10.1. The van der Waals surface area contributed by atoms with Crippen molar-refractivity contribution < 1.29 is 22.7 Å². The number of nitrogens with two attached hydrogens (primary N) is 1. The summed E-state index contributed by atoms with van der Waals surface area (Å²) in [5, 5.41) is 2.63. The van der Waals surface area contributed by atoms with Crippen LogP contribution in [-0.2, 0) is 14.8 Å². The fourth-order valence-electron chi connectivity index (χ4n) is 2.89. The minimum absolute atomic E-state index is 0.0895. The molecule has 4 N–H and O–H groups in total. The summed E-state index contributed by atoms with van der Waals surface area (Å²) in [6.07, 6.45) is 0. The highest BCUT2D eigenvalue weighted by Crippen LogP contribution is 2.19. The molecule has 8 nitrogen and oxygen atoms in total. The summed E-state index contributed by atoms with van der Waals surface area (Å²) >= 11 is 0. The van der Waals surface area contributed by atoms with Crippen molar-refractivity contribution >= 4 is 27.5 Å². The number of benzene rings is 3. The average Bonchev–Trinajstić information content (AvgIpc) is 2.78. The maximum atomic E-state index is 12.6. The molecular formula is C23H23N3O5S. The highest BCUT2D eigenvalue weighted by atomic mass is 32.2. The van der Waals surface area contributed by atoms with Crippen LogP contribution in [-0.4, -0.2) is 26.8 Å². The Morgan fingerprint density at radius 1 is 0.938 bits per heavy atom. The Kier molecular flexibility index (Phi) is 7.24. The second-order valence-corrected chi connectivity index (χ2v) is 8.72. The zero-order valence-electron chi connectivity index (χ0n) is 17.3. The number of ether oxygens (including phenoxy) is 1. The molecule has 0 spiro atoms. The topological polar surface area (TPSA) is 128 Å². The Balaban J connectivity index is 1.54. The molecule has 0 aromatic heterocycles. The van der Waals surface area contributed by atoms with E-state index in [4.69, 9.17) is 10.5 Å². The Labute approximate surface area is 186 Å². The zero-order valence-corrected chi connectivity index (χ0v) is 18.1. The number of amides is 2. The minimum Gasteiger partial charge on any atom is -0.484 e. The number of carbonyl (C=O) groups is 2. The van der Waals surface area contributed by atoms with Crippen LogP contribution in [0.1, 0.15) is 28.9 Å². The van der Waals surface area contributed by atoms with Gasteiger partial charge in [0.15, 0.2) is 6.61 Å². The van der Waals surface area contributed by atoms with Gasteiger partial charge in [0, 0.05) is 17.3 Å². The van der Waals surface area contributed by atoms with E-state index in [9.17, 15) is 18.0 Å². The molecule has 166 valence electrons. The van der Waals surface area contributed by atoms with Gasteiger partial charge in [0.05, 0.1) is 4.90 Å². The molecule has 0 aliphatic rings. The zero-order chi connectivity index (χ0) is 23.1. The normalized spacial score (nSPS) is 12.0. The van der Waals surface area contributed by atoms with Crippen LogP contribution >= 0.6 is 0 Å². The molecule has 1 atom stereocenters. The van der Waals surface area contributed by atoms with Crippen LogP contribution in [0.2, 0.25) is 0 Å². The molecule has 3 aromatic rings. The molecule has 0 radical (unpaired) electrons. The highest BCUT2D eigenvalue weighted by Gasteiger charge is 2.18. The lowest BCUT2D eigenvalue weighted by molar-refractivity contribution is -0.118. The summed E-state index contributed by atoms with van der Waals surface area (Å²) in [7, 11) is -3.72. The van der Waals surface area contributed by atoms with Crippen molar-refractivity contribution in [3.63, 3.8) is 0 Å². The van der Waals surface area contributed by atoms with E-state index in [1.54, 1.807) is 19.1 Å². The van der Waals surface area contributed by atoms with Crippen molar-refractivity contribution in [2.24, 2.45) is 5.73 Å². The predicted octanol–water partition coefficient (Wildman–Crippen LogP) is 2.84. The molecule has 2 amide bonds. The monoisotopic (exact) mass is 453 g/mol. The smallest absolute Gasteiger partial charge is 0.262 e. The van der Waals surface area contributed by atoms with Gasteiger partial charge in [0.25, 0.3) is 5.91 Å². The van der Waals surface area contributed by atoms with Crippen LogP contribution in [0.25, 0.3) is 0 Å². The summed E-state index contributed by atoms with van der Waals surface area (Å²) in [5.74, 6) is -0.618. The second kappa shape index (κ2) is 10.1. The SMILES string of the molecule is C[C@H](NS(=O)(=O)c1ccc(OCC(=O)Nc2ccc(C(N)=O)cc2)cc1)c1ccccc1. The molecular weight excluding hydrogens is 430 g/mol. The molecule has 3 aromatic carbocycles. The van der Waals surface area contributed by atoms with Crippen LogP contribution < -0.4 is 20.5 Å². The average molecular weight is 454 g/mol. The van der Waals surface area contributed by atoms with Crippen LogP contribution in [0.15, 0.2) is 83.8 Å². The van der Waals surface area contributed by atoms with Crippen molar-refractivity contribution in [3.8, 4) is 5.75 Å². The molecule has 0 heterocycles. The number of primary amides is 1. The summed E-state index contributed by atoms with van der Waals surface area (Å²) in [4.78, 5) is 23.2. The Bertz CT molecular complexity index is 1180. The largest absolute Gasteiger partial charge is 0.484 e. The van der Waals surface area contributed by atoms with E-state index in [0.29, 0.717) is 17.0 Å². The second-order valence-electron chi connectivity index (χ2n) is 7.00. The third kappa shape index (κ3) is 6.16. The van der Waals surface area contributed by atoms with Gasteiger partial charge in [-0.3, -0.25) is 9.59 Å². The number of anilines is 1. The first-order chi connectivity index (χ1) is 15.2. The summed E-state index contributed by atoms with van der Waals surface area (Å²) in [6.45, 7) is 1.50. The first kappa shape index (κ1) is 23.0. The van der Waals surface area contributed by atoms with Crippen LogP contribution in [0.3, 0.4) is 0 Å². The van der Waals surface area contributed by atoms with Crippen molar-refractivity contribution in [1.29, 1.82) is 0 Å². The Morgan fingerprint density at radius 3 is 2.16 bits per heavy atom. The van der Waals surface area contributed by atoms with Crippen molar-refractivity contribution in [2.75, 3.05) is 11.9 Å². The fraction of sp³-hybridized carbons (Fsp3) is 0.130. The number of hydrogen-bond acceptors (Lipinski definition) is 5. The predicted molar refractivity (Wildman–Crippen MR) is 121 cm³/mol. The molecule has 3 rings (SSSR count). The lowest BCUT2D eigenvalue weighted by Gasteiger charge is -2.15. The Hall–Kier alpha value is -3.69. The van der Waals surface area contributed by atoms with Crippen molar-refractivity contribution in [3.05, 3.63) is 90.0 Å². The van der Waals surface area contributed by atoms with Gasteiger partial charge in [-0.25, -0.2) is 13.1 Å². The molecule has 0 unspecified atom stereocenters. The quantitative estimate of drug-likeness (QED) is 0.459. The first-order valence-corrected chi connectivity index (χ1v) is 11.2. The highest BCUT2D eigenvalue weighted by molar-refractivity contribution is 7.89. The van der Waals surface area contributed by atoms with Crippen molar-refractivity contribution in [1.82, 2.24) is 4.72 Å². The first-order valence-electron chi connectivity index (χ1n) is 9.74. The third-order valence-electron chi connectivity index (χ3n) is 4.59. The van der Waals surface area contributed by atoms with Gasteiger partial charge >= 0.3 is 0 Å². The van der Waals surface area contributed by atoms with E-state index in [1.807, 2.05) is 30.3 Å².